The Kier molecular flexibility index (Phi) is 4.01. The maximum absolute atomic E-state index is 12.1. The number of anilines is 1. The minimum Gasteiger partial charge on any atom is -0.302 e. The summed E-state index contributed by atoms with van der Waals surface area (Å²) in [4.78, 5) is 16.5. The van der Waals surface area contributed by atoms with Crippen molar-refractivity contribution in [3.63, 3.8) is 0 Å². The second-order valence-corrected chi connectivity index (χ2v) is 8.58. The van der Waals surface area contributed by atoms with Crippen molar-refractivity contribution in [1.29, 1.82) is 0 Å². The number of hydrogen-bond acceptors (Lipinski definition) is 5. The van der Waals surface area contributed by atoms with Crippen LogP contribution in [0.2, 0.25) is 0 Å². The molecule has 0 saturated carbocycles. The molecule has 1 aliphatic heterocycles. The minimum absolute atomic E-state index is 0.0605. The number of benzene rings is 1. The average molecular weight is 336 g/mol. The molecule has 0 bridgehead atoms. The normalized spacial score (nSPS) is 20.0. The van der Waals surface area contributed by atoms with Gasteiger partial charge in [-0.05, 0) is 13.3 Å². The SMILES string of the molecule is Cc1ccc(-c2csc(NC(=O)C3CCS(=O)(=O)C3)n2)cc1. The van der Waals surface area contributed by atoms with Crippen LogP contribution in [0, 0.1) is 12.8 Å². The Labute approximate surface area is 133 Å². The molecular formula is C15H16N2O3S2. The first kappa shape index (κ1) is 15.2. The summed E-state index contributed by atoms with van der Waals surface area (Å²) >= 11 is 1.34. The van der Waals surface area contributed by atoms with E-state index in [2.05, 4.69) is 10.3 Å². The topological polar surface area (TPSA) is 76.1 Å². The lowest BCUT2D eigenvalue weighted by atomic mass is 10.1. The van der Waals surface area contributed by atoms with Crippen LogP contribution in [0.5, 0.6) is 0 Å². The largest absolute Gasteiger partial charge is 0.302 e. The molecule has 1 aromatic heterocycles. The van der Waals surface area contributed by atoms with Gasteiger partial charge in [0.1, 0.15) is 0 Å². The molecule has 2 aromatic rings. The van der Waals surface area contributed by atoms with Crippen LogP contribution in [-0.4, -0.2) is 30.8 Å². The second kappa shape index (κ2) is 5.81. The number of carbonyl (C=O) groups excluding carboxylic acids is 1. The molecule has 1 amide bonds. The van der Waals surface area contributed by atoms with Gasteiger partial charge in [-0.2, -0.15) is 0 Å². The molecule has 1 aromatic carbocycles. The van der Waals surface area contributed by atoms with E-state index in [-0.39, 0.29) is 17.4 Å². The number of aromatic nitrogens is 1. The van der Waals surface area contributed by atoms with Gasteiger partial charge in [-0.25, -0.2) is 13.4 Å². The van der Waals surface area contributed by atoms with Crippen molar-refractivity contribution >= 4 is 32.2 Å². The summed E-state index contributed by atoms with van der Waals surface area (Å²) in [6, 6.07) is 7.99. The number of amides is 1. The molecule has 22 heavy (non-hydrogen) atoms. The summed E-state index contributed by atoms with van der Waals surface area (Å²) < 4.78 is 22.8. The fourth-order valence-corrected chi connectivity index (χ4v) is 4.86. The first-order chi connectivity index (χ1) is 10.4. The van der Waals surface area contributed by atoms with Crippen molar-refractivity contribution in [3.8, 4) is 11.3 Å². The summed E-state index contributed by atoms with van der Waals surface area (Å²) in [6.07, 6.45) is 0.393. The number of sulfone groups is 1. The third-order valence-electron chi connectivity index (χ3n) is 3.68. The Hall–Kier alpha value is -1.73. The Morgan fingerprint density at radius 3 is 2.68 bits per heavy atom. The lowest BCUT2D eigenvalue weighted by Gasteiger charge is -2.06. The van der Waals surface area contributed by atoms with E-state index in [0.29, 0.717) is 11.6 Å². The lowest BCUT2D eigenvalue weighted by molar-refractivity contribution is -0.119. The number of nitrogens with zero attached hydrogens (tertiary/aromatic N) is 1. The Morgan fingerprint density at radius 1 is 1.32 bits per heavy atom. The van der Waals surface area contributed by atoms with Gasteiger partial charge in [-0.3, -0.25) is 4.79 Å². The highest BCUT2D eigenvalue weighted by molar-refractivity contribution is 7.91. The molecule has 1 fully saturated rings. The zero-order valence-corrected chi connectivity index (χ0v) is 13.7. The third-order valence-corrected chi connectivity index (χ3v) is 6.21. The number of rotatable bonds is 3. The summed E-state index contributed by atoms with van der Waals surface area (Å²) in [5, 5.41) is 5.11. The quantitative estimate of drug-likeness (QED) is 0.934. The van der Waals surface area contributed by atoms with Gasteiger partial charge in [0.25, 0.3) is 0 Å². The molecule has 116 valence electrons. The van der Waals surface area contributed by atoms with Crippen molar-refractivity contribution in [2.45, 2.75) is 13.3 Å². The van der Waals surface area contributed by atoms with Gasteiger partial charge in [-0.1, -0.05) is 29.8 Å². The zero-order chi connectivity index (χ0) is 15.7. The van der Waals surface area contributed by atoms with Gasteiger partial charge in [0.15, 0.2) is 15.0 Å². The summed E-state index contributed by atoms with van der Waals surface area (Å²) in [6.45, 7) is 2.02. The molecule has 1 atom stereocenters. The maximum Gasteiger partial charge on any atom is 0.230 e. The monoisotopic (exact) mass is 336 g/mol. The Balaban J connectivity index is 1.69. The molecule has 1 saturated heterocycles. The maximum atomic E-state index is 12.1. The van der Waals surface area contributed by atoms with Gasteiger partial charge in [0, 0.05) is 10.9 Å². The van der Waals surface area contributed by atoms with Gasteiger partial charge >= 0.3 is 0 Å². The Morgan fingerprint density at radius 2 is 2.05 bits per heavy atom. The van der Waals surface area contributed by atoms with Crippen molar-refractivity contribution in [3.05, 3.63) is 35.2 Å². The van der Waals surface area contributed by atoms with Crippen molar-refractivity contribution in [1.82, 2.24) is 4.98 Å². The molecule has 3 rings (SSSR count). The molecule has 5 nitrogen and oxygen atoms in total. The zero-order valence-electron chi connectivity index (χ0n) is 12.1. The molecule has 1 N–H and O–H groups in total. The van der Waals surface area contributed by atoms with E-state index in [1.807, 2.05) is 36.6 Å². The predicted molar refractivity (Wildman–Crippen MR) is 87.7 cm³/mol. The van der Waals surface area contributed by atoms with E-state index in [1.165, 1.54) is 16.9 Å². The van der Waals surface area contributed by atoms with Crippen LogP contribution >= 0.6 is 11.3 Å². The van der Waals surface area contributed by atoms with Crippen molar-refractivity contribution in [2.75, 3.05) is 16.8 Å². The number of carbonyl (C=O) groups is 1. The van der Waals surface area contributed by atoms with Crippen LogP contribution in [0.15, 0.2) is 29.6 Å². The minimum atomic E-state index is -3.05. The van der Waals surface area contributed by atoms with Gasteiger partial charge in [0.2, 0.25) is 5.91 Å². The van der Waals surface area contributed by atoms with Crippen LogP contribution in [0.25, 0.3) is 11.3 Å². The fourth-order valence-electron chi connectivity index (χ4n) is 2.40. The van der Waals surface area contributed by atoms with E-state index < -0.39 is 15.8 Å². The smallest absolute Gasteiger partial charge is 0.230 e. The second-order valence-electron chi connectivity index (χ2n) is 5.49. The molecule has 1 unspecified atom stereocenters. The van der Waals surface area contributed by atoms with Gasteiger partial charge < -0.3 is 5.32 Å². The van der Waals surface area contributed by atoms with Gasteiger partial charge in [0.05, 0.1) is 23.1 Å². The van der Waals surface area contributed by atoms with Gasteiger partial charge in [-0.15, -0.1) is 11.3 Å². The lowest BCUT2D eigenvalue weighted by Crippen LogP contribution is -2.23. The predicted octanol–water partition coefficient (Wildman–Crippen LogP) is 2.49. The van der Waals surface area contributed by atoms with E-state index in [1.54, 1.807) is 0 Å². The molecule has 0 aliphatic carbocycles. The number of nitrogens with one attached hydrogen (secondary N) is 1. The average Bonchev–Trinajstić information content (AvgIpc) is 3.06. The molecule has 0 radical (unpaired) electrons. The first-order valence-electron chi connectivity index (χ1n) is 6.97. The summed E-state index contributed by atoms with van der Waals surface area (Å²) in [5.74, 6) is -0.685. The summed E-state index contributed by atoms with van der Waals surface area (Å²) in [5.41, 5.74) is 2.97. The molecule has 2 heterocycles. The number of aryl methyl sites for hydroxylation is 1. The van der Waals surface area contributed by atoms with E-state index in [9.17, 15) is 13.2 Å². The molecule has 1 aliphatic rings. The summed E-state index contributed by atoms with van der Waals surface area (Å²) in [7, 11) is -3.05. The van der Waals surface area contributed by atoms with E-state index in [4.69, 9.17) is 0 Å². The van der Waals surface area contributed by atoms with Crippen LogP contribution in [-0.2, 0) is 14.6 Å². The standard InChI is InChI=1S/C15H16N2O3S2/c1-10-2-4-11(5-3-10)13-8-21-15(16-13)17-14(18)12-6-7-22(19,20)9-12/h2-5,8,12H,6-7,9H2,1H3,(H,16,17,18). The van der Waals surface area contributed by atoms with E-state index >= 15 is 0 Å². The van der Waals surface area contributed by atoms with E-state index in [0.717, 1.165) is 11.3 Å². The number of hydrogen-bond donors (Lipinski definition) is 1. The molecule has 0 spiro atoms. The fraction of sp³-hybridized carbons (Fsp3) is 0.333. The highest BCUT2D eigenvalue weighted by Gasteiger charge is 2.33. The molecular weight excluding hydrogens is 320 g/mol. The highest BCUT2D eigenvalue weighted by atomic mass is 32.2. The van der Waals surface area contributed by atoms with Crippen LogP contribution < -0.4 is 5.32 Å². The highest BCUT2D eigenvalue weighted by Crippen LogP contribution is 2.26. The van der Waals surface area contributed by atoms with Crippen molar-refractivity contribution < 1.29 is 13.2 Å². The van der Waals surface area contributed by atoms with Crippen LogP contribution in [0.1, 0.15) is 12.0 Å². The number of thiazole rings is 1. The van der Waals surface area contributed by atoms with Crippen LogP contribution in [0.4, 0.5) is 5.13 Å². The van der Waals surface area contributed by atoms with Crippen molar-refractivity contribution in [2.24, 2.45) is 5.92 Å². The van der Waals surface area contributed by atoms with Crippen LogP contribution in [0.3, 0.4) is 0 Å². The first-order valence-corrected chi connectivity index (χ1v) is 9.67. The molecule has 7 heteroatoms. The third kappa shape index (κ3) is 3.36. The Bertz CT molecular complexity index is 794.